The van der Waals surface area contributed by atoms with Crippen LogP contribution in [0.15, 0.2) is 76.1 Å². The van der Waals surface area contributed by atoms with Crippen molar-refractivity contribution in [1.29, 1.82) is 0 Å². The van der Waals surface area contributed by atoms with E-state index >= 15 is 0 Å². The minimum absolute atomic E-state index is 0.220. The van der Waals surface area contributed by atoms with Crippen molar-refractivity contribution in [1.82, 2.24) is 4.90 Å². The maximum Gasteiger partial charge on any atom is 0.293 e. The number of halogens is 2. The van der Waals surface area contributed by atoms with E-state index in [2.05, 4.69) is 38.5 Å². The normalized spacial score (nSPS) is 14.7. The van der Waals surface area contributed by atoms with Crippen LogP contribution in [-0.2, 0) is 17.9 Å². The number of carbonyl (C=O) groups is 2. The van der Waals surface area contributed by atoms with E-state index in [1.165, 1.54) is 4.90 Å². The molecule has 3 aromatic rings. The van der Waals surface area contributed by atoms with Crippen molar-refractivity contribution in [2.24, 2.45) is 0 Å². The average Bonchev–Trinajstić information content (AvgIpc) is 3.08. The molecule has 174 valence electrons. The van der Waals surface area contributed by atoms with Crippen LogP contribution in [0.3, 0.4) is 0 Å². The topological polar surface area (TPSA) is 55.8 Å². The predicted molar refractivity (Wildman–Crippen MR) is 147 cm³/mol. The summed E-state index contributed by atoms with van der Waals surface area (Å²) < 4.78 is 13.6. The van der Waals surface area contributed by atoms with Gasteiger partial charge in [-0.25, -0.2) is 0 Å². The number of nitrogens with zero attached hydrogens (tertiary/aromatic N) is 1. The molecule has 34 heavy (non-hydrogen) atoms. The summed E-state index contributed by atoms with van der Waals surface area (Å²) in [5, 5.41) is -0.283. The second-order valence-corrected chi connectivity index (χ2v) is 10.4. The molecule has 1 fully saturated rings. The van der Waals surface area contributed by atoms with Gasteiger partial charge in [0.1, 0.15) is 6.61 Å². The Bertz CT molecular complexity index is 1250. The molecular weight excluding hydrogens is 629 g/mol. The first-order valence-corrected chi connectivity index (χ1v) is 13.3. The van der Waals surface area contributed by atoms with Gasteiger partial charge in [0.2, 0.25) is 0 Å². The van der Waals surface area contributed by atoms with E-state index < -0.39 is 0 Å². The third-order valence-corrected chi connectivity index (χ3v) is 7.50. The van der Waals surface area contributed by atoms with E-state index in [0.717, 1.165) is 36.5 Å². The molecule has 1 aliphatic heterocycles. The number of hydrogen-bond acceptors (Lipinski definition) is 5. The van der Waals surface area contributed by atoms with Gasteiger partial charge in [0.15, 0.2) is 11.5 Å². The second-order valence-electron chi connectivity index (χ2n) is 7.40. The van der Waals surface area contributed by atoms with Crippen molar-refractivity contribution in [3.05, 3.63) is 96.4 Å². The summed E-state index contributed by atoms with van der Waals surface area (Å²) in [6.07, 6.45) is 1.73. The van der Waals surface area contributed by atoms with Gasteiger partial charge in [0.05, 0.1) is 21.6 Å². The molecule has 0 aliphatic carbocycles. The summed E-state index contributed by atoms with van der Waals surface area (Å²) in [5.74, 6) is 0.956. The summed E-state index contributed by atoms with van der Waals surface area (Å²) in [5.41, 5.74) is 2.70. The van der Waals surface area contributed by atoms with Crippen LogP contribution >= 0.6 is 50.3 Å². The van der Waals surface area contributed by atoms with E-state index in [1.54, 1.807) is 6.08 Å². The minimum Gasteiger partial charge on any atom is -0.490 e. The number of carbonyl (C=O) groups excluding carboxylic acids is 2. The Balaban J connectivity index is 1.56. The molecule has 1 aliphatic rings. The summed E-state index contributed by atoms with van der Waals surface area (Å²) >= 11 is 6.63. The van der Waals surface area contributed by atoms with Crippen LogP contribution in [-0.4, -0.2) is 22.7 Å². The second kappa shape index (κ2) is 11.4. The van der Waals surface area contributed by atoms with E-state index in [1.807, 2.05) is 73.7 Å². The molecule has 0 radical (unpaired) electrons. The van der Waals surface area contributed by atoms with Crippen LogP contribution in [0.5, 0.6) is 11.5 Å². The smallest absolute Gasteiger partial charge is 0.293 e. The first-order chi connectivity index (χ1) is 16.5. The Morgan fingerprint density at radius 2 is 1.76 bits per heavy atom. The average molecular weight is 650 g/mol. The fourth-order valence-electron chi connectivity index (χ4n) is 3.39. The lowest BCUT2D eigenvalue weighted by molar-refractivity contribution is -0.123. The Labute approximate surface area is 224 Å². The molecule has 2 amide bonds. The molecule has 0 atom stereocenters. The Kier molecular flexibility index (Phi) is 8.33. The molecule has 0 bridgehead atoms. The number of thioether (sulfide) groups is 1. The molecule has 0 spiro atoms. The molecule has 0 unspecified atom stereocenters. The van der Waals surface area contributed by atoms with Crippen LogP contribution < -0.4 is 9.47 Å². The highest BCUT2D eigenvalue weighted by Crippen LogP contribution is 2.38. The molecule has 1 saturated heterocycles. The molecule has 1 heterocycles. The zero-order valence-electron chi connectivity index (χ0n) is 18.3. The zero-order valence-corrected chi connectivity index (χ0v) is 22.9. The maximum absolute atomic E-state index is 13.0. The lowest BCUT2D eigenvalue weighted by Gasteiger charge is -2.15. The van der Waals surface area contributed by atoms with Gasteiger partial charge in [0, 0.05) is 4.47 Å². The zero-order chi connectivity index (χ0) is 24.1. The molecule has 5 nitrogen and oxygen atoms in total. The fraction of sp³-hybridized carbons (Fsp3) is 0.154. The Morgan fingerprint density at radius 1 is 1.03 bits per heavy atom. The van der Waals surface area contributed by atoms with Crippen molar-refractivity contribution in [3.63, 3.8) is 0 Å². The maximum atomic E-state index is 13.0. The number of amides is 2. The Morgan fingerprint density at radius 3 is 2.50 bits per heavy atom. The molecule has 0 saturated carbocycles. The van der Waals surface area contributed by atoms with Crippen molar-refractivity contribution in [2.75, 3.05) is 6.61 Å². The first-order valence-electron chi connectivity index (χ1n) is 10.6. The predicted octanol–water partition coefficient (Wildman–Crippen LogP) is 7.27. The lowest BCUT2D eigenvalue weighted by Crippen LogP contribution is -2.27. The molecule has 0 N–H and O–H groups in total. The van der Waals surface area contributed by atoms with Crippen LogP contribution in [0.2, 0.25) is 0 Å². The summed E-state index contributed by atoms with van der Waals surface area (Å²) in [7, 11) is 0. The number of ether oxygens (including phenoxy) is 2. The molecule has 4 rings (SSSR count). The molecular formula is C26H21BrINO4S. The largest absolute Gasteiger partial charge is 0.490 e. The van der Waals surface area contributed by atoms with E-state index in [9.17, 15) is 9.59 Å². The number of hydrogen-bond donors (Lipinski definition) is 0. The van der Waals surface area contributed by atoms with Crippen molar-refractivity contribution in [2.45, 2.75) is 20.1 Å². The summed E-state index contributed by atoms with van der Waals surface area (Å²) in [4.78, 5) is 27.2. The van der Waals surface area contributed by atoms with Crippen LogP contribution in [0.1, 0.15) is 23.6 Å². The fourth-order valence-corrected chi connectivity index (χ4v) is 5.42. The summed E-state index contributed by atoms with van der Waals surface area (Å²) in [6, 6.07) is 21.2. The van der Waals surface area contributed by atoms with Gasteiger partial charge in [-0.1, -0.05) is 64.5 Å². The van der Waals surface area contributed by atoms with Crippen molar-refractivity contribution < 1.29 is 19.1 Å². The molecule has 0 aromatic heterocycles. The number of rotatable bonds is 8. The van der Waals surface area contributed by atoms with E-state index in [0.29, 0.717) is 29.6 Å². The molecule has 8 heteroatoms. The summed E-state index contributed by atoms with van der Waals surface area (Å²) in [6.45, 7) is 3.03. The van der Waals surface area contributed by atoms with Crippen molar-refractivity contribution >= 4 is 67.5 Å². The number of imide groups is 1. The minimum atomic E-state index is -0.303. The van der Waals surface area contributed by atoms with Gasteiger partial charge in [0.25, 0.3) is 11.1 Å². The van der Waals surface area contributed by atoms with Crippen molar-refractivity contribution in [3.8, 4) is 11.5 Å². The van der Waals surface area contributed by atoms with Crippen LogP contribution in [0.4, 0.5) is 4.79 Å². The number of benzene rings is 3. The van der Waals surface area contributed by atoms with Gasteiger partial charge >= 0.3 is 0 Å². The highest BCUT2D eigenvalue weighted by atomic mass is 127. The first kappa shape index (κ1) is 24.8. The third kappa shape index (κ3) is 5.84. The highest BCUT2D eigenvalue weighted by Gasteiger charge is 2.35. The van der Waals surface area contributed by atoms with Crippen LogP contribution in [0, 0.1) is 3.57 Å². The SMILES string of the molecule is CCOc1cc(/C=C2/SC(=O)N(Cc3ccccc3Br)C2=O)cc(I)c1OCc1ccccc1. The van der Waals surface area contributed by atoms with Gasteiger partial charge < -0.3 is 9.47 Å². The third-order valence-electron chi connectivity index (χ3n) is 5.02. The van der Waals surface area contributed by atoms with Gasteiger partial charge in [-0.2, -0.15) is 0 Å². The van der Waals surface area contributed by atoms with E-state index in [-0.39, 0.29) is 17.7 Å². The Hall–Kier alpha value is -2.30. The molecule has 3 aromatic carbocycles. The van der Waals surface area contributed by atoms with Gasteiger partial charge in [-0.3, -0.25) is 14.5 Å². The lowest BCUT2D eigenvalue weighted by atomic mass is 10.1. The quantitative estimate of drug-likeness (QED) is 0.190. The van der Waals surface area contributed by atoms with E-state index in [4.69, 9.17) is 9.47 Å². The van der Waals surface area contributed by atoms with Gasteiger partial charge in [-0.15, -0.1) is 0 Å². The standard InChI is InChI=1S/C26H21BrINO4S/c1-2-32-22-13-18(12-21(28)24(22)33-16-17-8-4-3-5-9-17)14-23-25(30)29(26(31)34-23)15-19-10-6-7-11-20(19)27/h3-14H,2,15-16H2,1H3/b23-14+. The van der Waals surface area contributed by atoms with Gasteiger partial charge in [-0.05, 0) is 82.2 Å². The highest BCUT2D eigenvalue weighted by molar-refractivity contribution is 14.1. The monoisotopic (exact) mass is 649 g/mol. The van der Waals surface area contributed by atoms with Crippen LogP contribution in [0.25, 0.3) is 6.08 Å².